The third kappa shape index (κ3) is 7.52. The lowest BCUT2D eigenvalue weighted by Crippen LogP contribution is -2.21. The Hall–Kier alpha value is -1.02. The number of benzene rings is 1. The van der Waals surface area contributed by atoms with Gasteiger partial charge in [-0.1, -0.05) is 63.6 Å². The molecule has 1 atom stereocenters. The van der Waals surface area contributed by atoms with Gasteiger partial charge in [-0.25, -0.2) is 0 Å². The Bertz CT molecular complexity index is 389. The van der Waals surface area contributed by atoms with Gasteiger partial charge in [-0.3, -0.25) is 0 Å². The zero-order chi connectivity index (χ0) is 15.5. The van der Waals surface area contributed by atoms with Crippen LogP contribution >= 0.6 is 0 Å². The first-order valence-corrected chi connectivity index (χ1v) is 8.65. The lowest BCUT2D eigenvalue weighted by molar-refractivity contribution is 0.300. The molecule has 2 N–H and O–H groups in total. The van der Waals surface area contributed by atoms with Gasteiger partial charge in [-0.2, -0.15) is 0 Å². The minimum absolute atomic E-state index is 0.225. The molecule has 0 aliphatic heterocycles. The molecule has 2 heteroatoms. The molecule has 0 saturated heterocycles. The van der Waals surface area contributed by atoms with Gasteiger partial charge < -0.3 is 10.5 Å². The van der Waals surface area contributed by atoms with Crippen LogP contribution in [-0.4, -0.2) is 12.6 Å². The molecular formula is C19H33NO. The van der Waals surface area contributed by atoms with Crippen molar-refractivity contribution in [2.75, 3.05) is 6.61 Å². The Labute approximate surface area is 131 Å². The standard InChI is InChI=1S/C19H33NO/c1-4-6-7-8-9-10-13-21-19-12-11-16(3)14-17(19)15-18(20)5-2/h11-12,14,18H,4-10,13,15,20H2,1-3H3. The van der Waals surface area contributed by atoms with Crippen molar-refractivity contribution in [3.8, 4) is 5.75 Å². The number of hydrogen-bond donors (Lipinski definition) is 1. The fourth-order valence-corrected chi connectivity index (χ4v) is 2.50. The van der Waals surface area contributed by atoms with Crippen molar-refractivity contribution in [3.63, 3.8) is 0 Å². The van der Waals surface area contributed by atoms with Crippen LogP contribution in [0.4, 0.5) is 0 Å². The highest BCUT2D eigenvalue weighted by molar-refractivity contribution is 5.37. The van der Waals surface area contributed by atoms with Crippen molar-refractivity contribution in [3.05, 3.63) is 29.3 Å². The summed E-state index contributed by atoms with van der Waals surface area (Å²) in [4.78, 5) is 0. The van der Waals surface area contributed by atoms with Crippen LogP contribution in [0, 0.1) is 6.92 Å². The number of aryl methyl sites for hydroxylation is 1. The van der Waals surface area contributed by atoms with E-state index >= 15 is 0 Å². The van der Waals surface area contributed by atoms with Gasteiger partial charge in [0, 0.05) is 6.04 Å². The Morgan fingerprint density at radius 3 is 2.48 bits per heavy atom. The fourth-order valence-electron chi connectivity index (χ4n) is 2.50. The second-order valence-electron chi connectivity index (χ2n) is 6.10. The summed E-state index contributed by atoms with van der Waals surface area (Å²) in [6.07, 6.45) is 9.69. The van der Waals surface area contributed by atoms with Gasteiger partial charge in [0.05, 0.1) is 6.61 Å². The van der Waals surface area contributed by atoms with E-state index in [2.05, 4.69) is 39.0 Å². The van der Waals surface area contributed by atoms with E-state index in [9.17, 15) is 0 Å². The first-order valence-electron chi connectivity index (χ1n) is 8.65. The molecule has 1 aromatic rings. The molecule has 1 aromatic carbocycles. The number of hydrogen-bond acceptors (Lipinski definition) is 2. The van der Waals surface area contributed by atoms with Gasteiger partial charge in [0.25, 0.3) is 0 Å². The number of ether oxygens (including phenoxy) is 1. The molecule has 0 fully saturated rings. The maximum absolute atomic E-state index is 6.09. The van der Waals surface area contributed by atoms with E-state index in [1.807, 2.05) is 0 Å². The van der Waals surface area contributed by atoms with Crippen molar-refractivity contribution >= 4 is 0 Å². The average molecular weight is 291 g/mol. The summed E-state index contributed by atoms with van der Waals surface area (Å²) in [5, 5.41) is 0. The molecule has 0 heterocycles. The topological polar surface area (TPSA) is 35.2 Å². The van der Waals surface area contributed by atoms with Crippen molar-refractivity contribution in [1.29, 1.82) is 0 Å². The fraction of sp³-hybridized carbons (Fsp3) is 0.684. The van der Waals surface area contributed by atoms with Crippen LogP contribution in [0.15, 0.2) is 18.2 Å². The summed E-state index contributed by atoms with van der Waals surface area (Å²) in [5.74, 6) is 1.03. The summed E-state index contributed by atoms with van der Waals surface area (Å²) < 4.78 is 5.99. The zero-order valence-corrected chi connectivity index (χ0v) is 14.2. The van der Waals surface area contributed by atoms with Crippen LogP contribution in [-0.2, 0) is 6.42 Å². The summed E-state index contributed by atoms with van der Waals surface area (Å²) in [7, 11) is 0. The van der Waals surface area contributed by atoms with Crippen LogP contribution in [0.3, 0.4) is 0 Å². The number of unbranched alkanes of at least 4 members (excludes halogenated alkanes) is 5. The van der Waals surface area contributed by atoms with Crippen LogP contribution in [0.1, 0.15) is 69.9 Å². The van der Waals surface area contributed by atoms with Gasteiger partial charge in [0.2, 0.25) is 0 Å². The first-order chi connectivity index (χ1) is 10.2. The second kappa shape index (κ2) is 10.7. The first kappa shape index (κ1) is 18.0. The second-order valence-corrected chi connectivity index (χ2v) is 6.10. The summed E-state index contributed by atoms with van der Waals surface area (Å²) in [5.41, 5.74) is 8.63. The smallest absolute Gasteiger partial charge is 0.122 e. The van der Waals surface area contributed by atoms with Crippen molar-refractivity contribution in [2.24, 2.45) is 5.73 Å². The molecule has 1 unspecified atom stereocenters. The van der Waals surface area contributed by atoms with Crippen molar-refractivity contribution in [2.45, 2.75) is 78.2 Å². The molecule has 2 nitrogen and oxygen atoms in total. The van der Waals surface area contributed by atoms with E-state index in [1.165, 1.54) is 43.2 Å². The van der Waals surface area contributed by atoms with Gasteiger partial charge >= 0.3 is 0 Å². The van der Waals surface area contributed by atoms with E-state index in [0.29, 0.717) is 0 Å². The lowest BCUT2D eigenvalue weighted by atomic mass is 10.0. The van der Waals surface area contributed by atoms with Gasteiger partial charge in [0.15, 0.2) is 0 Å². The Morgan fingerprint density at radius 1 is 1.05 bits per heavy atom. The predicted octanol–water partition coefficient (Wildman–Crippen LogP) is 5.01. The third-order valence-corrected chi connectivity index (χ3v) is 3.98. The third-order valence-electron chi connectivity index (χ3n) is 3.98. The summed E-state index contributed by atoms with van der Waals surface area (Å²) in [6.45, 7) is 7.34. The van der Waals surface area contributed by atoms with Crippen molar-refractivity contribution in [1.82, 2.24) is 0 Å². The number of rotatable bonds is 11. The molecule has 0 bridgehead atoms. The zero-order valence-electron chi connectivity index (χ0n) is 14.2. The Balaban J connectivity index is 2.39. The molecule has 0 saturated carbocycles. The normalized spacial score (nSPS) is 12.4. The quantitative estimate of drug-likeness (QED) is 0.581. The molecule has 0 spiro atoms. The highest BCUT2D eigenvalue weighted by Crippen LogP contribution is 2.22. The maximum Gasteiger partial charge on any atom is 0.122 e. The highest BCUT2D eigenvalue weighted by atomic mass is 16.5. The molecule has 0 amide bonds. The minimum Gasteiger partial charge on any atom is -0.493 e. The average Bonchev–Trinajstić information content (AvgIpc) is 2.48. The predicted molar refractivity (Wildman–Crippen MR) is 92.0 cm³/mol. The van der Waals surface area contributed by atoms with E-state index in [4.69, 9.17) is 10.5 Å². The molecule has 0 aromatic heterocycles. The monoisotopic (exact) mass is 291 g/mol. The van der Waals surface area contributed by atoms with Crippen LogP contribution < -0.4 is 10.5 Å². The van der Waals surface area contributed by atoms with E-state index in [0.717, 1.165) is 31.6 Å². The molecule has 0 aliphatic carbocycles. The molecule has 120 valence electrons. The van der Waals surface area contributed by atoms with E-state index in [1.54, 1.807) is 0 Å². The highest BCUT2D eigenvalue weighted by Gasteiger charge is 2.08. The van der Waals surface area contributed by atoms with Gasteiger partial charge in [0.1, 0.15) is 5.75 Å². The SMILES string of the molecule is CCCCCCCCOc1ccc(C)cc1CC(N)CC. The van der Waals surface area contributed by atoms with Gasteiger partial charge in [-0.05, 0) is 37.8 Å². The Morgan fingerprint density at radius 2 is 1.76 bits per heavy atom. The number of nitrogens with two attached hydrogens (primary N) is 1. The van der Waals surface area contributed by atoms with Crippen LogP contribution in [0.25, 0.3) is 0 Å². The van der Waals surface area contributed by atoms with Crippen LogP contribution in [0.2, 0.25) is 0 Å². The molecule has 21 heavy (non-hydrogen) atoms. The molecule has 0 radical (unpaired) electrons. The molecular weight excluding hydrogens is 258 g/mol. The van der Waals surface area contributed by atoms with Crippen LogP contribution in [0.5, 0.6) is 5.75 Å². The Kier molecular flexibility index (Phi) is 9.16. The largest absolute Gasteiger partial charge is 0.493 e. The summed E-state index contributed by atoms with van der Waals surface area (Å²) in [6, 6.07) is 6.66. The molecule has 1 rings (SSSR count). The minimum atomic E-state index is 0.225. The van der Waals surface area contributed by atoms with E-state index in [-0.39, 0.29) is 6.04 Å². The van der Waals surface area contributed by atoms with Crippen molar-refractivity contribution < 1.29 is 4.74 Å². The van der Waals surface area contributed by atoms with E-state index < -0.39 is 0 Å². The lowest BCUT2D eigenvalue weighted by Gasteiger charge is -2.15. The molecule has 0 aliphatic rings. The maximum atomic E-state index is 6.09. The summed E-state index contributed by atoms with van der Waals surface area (Å²) >= 11 is 0. The van der Waals surface area contributed by atoms with Gasteiger partial charge in [-0.15, -0.1) is 0 Å².